The summed E-state index contributed by atoms with van der Waals surface area (Å²) in [5.74, 6) is 3.60. The monoisotopic (exact) mass is 384 g/mol. The number of allylic oxidation sites excluding steroid dienone is 2. The fourth-order valence-electron chi connectivity index (χ4n) is 3.33. The van der Waals surface area contributed by atoms with Gasteiger partial charge in [0, 0.05) is 0 Å². The van der Waals surface area contributed by atoms with E-state index in [9.17, 15) is 0 Å². The van der Waals surface area contributed by atoms with Gasteiger partial charge in [-0.3, -0.25) is 0 Å². The van der Waals surface area contributed by atoms with E-state index in [2.05, 4.69) is 50.9 Å². The Bertz CT molecular complexity index is 284. The van der Waals surface area contributed by atoms with Gasteiger partial charge in [0.05, 0.1) is 0 Å². The van der Waals surface area contributed by atoms with Crippen molar-refractivity contribution >= 4 is 19.7 Å². The fourth-order valence-corrected chi connectivity index (χ4v) is 7.17. The Balaban J connectivity index is 3.62. The highest BCUT2D eigenvalue weighted by Gasteiger charge is 2.08. The average Bonchev–Trinajstić information content (AvgIpc) is 2.61. The normalized spacial score (nSPS) is 12.4. The van der Waals surface area contributed by atoms with E-state index in [1.54, 1.807) is 0 Å². The second-order valence-electron chi connectivity index (χ2n) is 7.28. The van der Waals surface area contributed by atoms with E-state index in [-0.39, 0.29) is 0 Å². The lowest BCUT2D eigenvalue weighted by molar-refractivity contribution is 0.489. The predicted octanol–water partition coefficient (Wildman–Crippen LogP) is 8.52. The van der Waals surface area contributed by atoms with Gasteiger partial charge in [0.25, 0.3) is 0 Å². The van der Waals surface area contributed by atoms with Crippen molar-refractivity contribution in [3.8, 4) is 0 Å². The minimum absolute atomic E-state index is 0.369. The van der Waals surface area contributed by atoms with Crippen LogP contribution in [0.4, 0.5) is 0 Å². The summed E-state index contributed by atoms with van der Waals surface area (Å²) >= 11 is 2.19. The van der Waals surface area contributed by atoms with Gasteiger partial charge in [0.2, 0.25) is 0 Å². The molecule has 0 bridgehead atoms. The summed E-state index contributed by atoms with van der Waals surface area (Å²) in [5.41, 5.74) is 0. The zero-order chi connectivity index (χ0) is 18.6. The quantitative estimate of drug-likeness (QED) is 0.115. The number of unbranched alkanes of at least 4 members (excludes halogenated alkanes) is 4. The third-order valence-electron chi connectivity index (χ3n) is 4.75. The Hall–Kier alpha value is 0.260. The number of rotatable bonds is 20. The number of hydrogen-bond acceptors (Lipinski definition) is 1. The van der Waals surface area contributed by atoms with Crippen LogP contribution in [0, 0.1) is 5.92 Å². The van der Waals surface area contributed by atoms with Crippen LogP contribution >= 0.6 is 19.7 Å². The van der Waals surface area contributed by atoms with Gasteiger partial charge in [0.1, 0.15) is 0 Å². The number of hydrogen-bond donors (Lipinski definition) is 0. The average molecular weight is 385 g/mol. The van der Waals surface area contributed by atoms with Gasteiger partial charge in [-0.15, -0.1) is 21.1 Å². The molecule has 2 heteroatoms. The third kappa shape index (κ3) is 17.4. The Morgan fingerprint density at radius 3 is 2.12 bits per heavy atom. The molecule has 148 valence electrons. The molecular formula is C23H45PS. The Morgan fingerprint density at radius 1 is 0.800 bits per heavy atom. The molecule has 0 saturated carbocycles. The van der Waals surface area contributed by atoms with Gasteiger partial charge in [-0.25, -0.2) is 0 Å². The van der Waals surface area contributed by atoms with Gasteiger partial charge in [0.15, 0.2) is 0 Å². The molecule has 1 unspecified atom stereocenters. The van der Waals surface area contributed by atoms with E-state index in [0.717, 1.165) is 5.92 Å². The smallest absolute Gasteiger partial charge is 0.00390 e. The van der Waals surface area contributed by atoms with Crippen LogP contribution in [0.3, 0.4) is 0 Å². The molecule has 0 aliphatic rings. The molecule has 0 spiro atoms. The van der Waals surface area contributed by atoms with Crippen molar-refractivity contribution in [1.29, 1.82) is 0 Å². The van der Waals surface area contributed by atoms with Crippen molar-refractivity contribution in [2.75, 3.05) is 30.0 Å². The van der Waals surface area contributed by atoms with Crippen molar-refractivity contribution in [1.82, 2.24) is 0 Å². The van der Waals surface area contributed by atoms with E-state index in [4.69, 9.17) is 0 Å². The largest absolute Gasteiger partial charge is 0.162 e. The second-order valence-corrected chi connectivity index (χ2v) is 11.1. The Labute approximate surface area is 165 Å². The summed E-state index contributed by atoms with van der Waals surface area (Å²) in [5, 5.41) is 0. The fraction of sp³-hybridized carbons (Fsp3) is 0.826. The molecule has 0 rings (SSSR count). The summed E-state index contributed by atoms with van der Waals surface area (Å²) in [6.07, 6.45) is 23.7. The molecule has 0 aromatic heterocycles. The molecule has 25 heavy (non-hydrogen) atoms. The maximum atomic E-state index is 3.88. The molecule has 0 heterocycles. The van der Waals surface area contributed by atoms with Crippen LogP contribution < -0.4 is 0 Å². The standard InChI is InChI=1S/C23H45PS/c1-5-9-13-17-23(16-10-6-2)22-25-21-15-12-11-14-20-24(18-7-3)19-8-4/h5-6,23H,1-2,7-22H2,3-4H3. The molecule has 0 nitrogen and oxygen atoms in total. The van der Waals surface area contributed by atoms with Crippen molar-refractivity contribution in [2.24, 2.45) is 5.92 Å². The zero-order valence-corrected chi connectivity index (χ0v) is 19.0. The first-order valence-electron chi connectivity index (χ1n) is 10.8. The number of thioether (sulfide) groups is 1. The predicted molar refractivity (Wildman–Crippen MR) is 125 cm³/mol. The first-order valence-corrected chi connectivity index (χ1v) is 13.9. The molecule has 0 aromatic carbocycles. The van der Waals surface area contributed by atoms with E-state index in [1.807, 2.05) is 0 Å². The van der Waals surface area contributed by atoms with Gasteiger partial charge in [-0.1, -0.05) is 51.7 Å². The lowest BCUT2D eigenvalue weighted by atomic mass is 9.98. The lowest BCUT2D eigenvalue weighted by Crippen LogP contribution is -2.04. The molecule has 0 aliphatic heterocycles. The first-order chi connectivity index (χ1) is 12.3. The van der Waals surface area contributed by atoms with Crippen LogP contribution in [0.15, 0.2) is 25.3 Å². The summed E-state index contributed by atoms with van der Waals surface area (Å²) in [4.78, 5) is 0. The van der Waals surface area contributed by atoms with Gasteiger partial charge in [-0.05, 0) is 80.9 Å². The van der Waals surface area contributed by atoms with Crippen LogP contribution in [-0.4, -0.2) is 30.0 Å². The third-order valence-corrected chi connectivity index (χ3v) is 9.14. The van der Waals surface area contributed by atoms with Crippen molar-refractivity contribution in [3.05, 3.63) is 25.3 Å². The lowest BCUT2D eigenvalue weighted by Gasteiger charge is -2.16. The molecule has 0 amide bonds. The molecule has 0 N–H and O–H groups in total. The first kappa shape index (κ1) is 25.3. The zero-order valence-electron chi connectivity index (χ0n) is 17.3. The van der Waals surface area contributed by atoms with E-state index in [1.165, 1.54) is 101 Å². The van der Waals surface area contributed by atoms with Gasteiger partial charge < -0.3 is 0 Å². The minimum Gasteiger partial charge on any atom is -0.162 e. The highest BCUT2D eigenvalue weighted by Crippen LogP contribution is 2.38. The maximum absolute atomic E-state index is 3.88. The van der Waals surface area contributed by atoms with Crippen molar-refractivity contribution < 1.29 is 0 Å². The molecule has 0 fully saturated rings. The molecule has 1 atom stereocenters. The summed E-state index contributed by atoms with van der Waals surface area (Å²) in [6, 6.07) is 0. The topological polar surface area (TPSA) is 0 Å². The van der Waals surface area contributed by atoms with Crippen LogP contribution in [-0.2, 0) is 0 Å². The summed E-state index contributed by atoms with van der Waals surface area (Å²) in [7, 11) is 0.369. The minimum atomic E-state index is 0.369. The van der Waals surface area contributed by atoms with Crippen molar-refractivity contribution in [2.45, 2.75) is 84.5 Å². The van der Waals surface area contributed by atoms with Gasteiger partial charge in [-0.2, -0.15) is 11.8 Å². The molecule has 0 aromatic rings. The van der Waals surface area contributed by atoms with E-state index in [0.29, 0.717) is 7.92 Å². The van der Waals surface area contributed by atoms with Crippen LogP contribution in [0.2, 0.25) is 0 Å². The molecule has 0 aliphatic carbocycles. The van der Waals surface area contributed by atoms with E-state index >= 15 is 0 Å². The highest BCUT2D eigenvalue weighted by molar-refractivity contribution is 7.99. The molecule has 0 radical (unpaired) electrons. The Morgan fingerprint density at radius 2 is 1.48 bits per heavy atom. The summed E-state index contributed by atoms with van der Waals surface area (Å²) < 4.78 is 0. The Kier molecular flexibility index (Phi) is 20.8. The van der Waals surface area contributed by atoms with Crippen molar-refractivity contribution in [3.63, 3.8) is 0 Å². The van der Waals surface area contributed by atoms with Crippen LogP contribution in [0.5, 0.6) is 0 Å². The van der Waals surface area contributed by atoms with E-state index < -0.39 is 0 Å². The maximum Gasteiger partial charge on any atom is -0.00390 e. The SMILES string of the molecule is C=CCCCC(CCC=C)CSCCCCCCP(CCC)CCC. The van der Waals surface area contributed by atoms with Crippen LogP contribution in [0.1, 0.15) is 84.5 Å². The van der Waals surface area contributed by atoms with Crippen LogP contribution in [0.25, 0.3) is 0 Å². The summed E-state index contributed by atoms with van der Waals surface area (Å²) in [6.45, 7) is 12.4. The molecule has 0 saturated heterocycles. The highest BCUT2D eigenvalue weighted by atomic mass is 32.2. The van der Waals surface area contributed by atoms with Gasteiger partial charge >= 0.3 is 0 Å². The molecular weight excluding hydrogens is 339 g/mol. The second kappa shape index (κ2) is 20.6.